The van der Waals surface area contributed by atoms with E-state index in [-0.39, 0.29) is 17.2 Å². The van der Waals surface area contributed by atoms with Gasteiger partial charge in [-0.05, 0) is 38.2 Å². The van der Waals surface area contributed by atoms with E-state index in [1.54, 1.807) is 6.92 Å². The first kappa shape index (κ1) is 18.7. The topological polar surface area (TPSA) is 66.7 Å². The quantitative estimate of drug-likeness (QED) is 0.816. The number of hydrogen-bond acceptors (Lipinski definition) is 4. The summed E-state index contributed by atoms with van der Waals surface area (Å²) in [5.41, 5.74) is 1.65. The van der Waals surface area contributed by atoms with E-state index in [2.05, 4.69) is 17.1 Å². The first-order valence-electron chi connectivity index (χ1n) is 10.1. The highest BCUT2D eigenvalue weighted by atomic mass is 16.3. The highest BCUT2D eigenvalue weighted by molar-refractivity contribution is 5.93. The van der Waals surface area contributed by atoms with Crippen molar-refractivity contribution >= 4 is 11.8 Å². The van der Waals surface area contributed by atoms with Crippen molar-refractivity contribution in [2.45, 2.75) is 39.0 Å². The van der Waals surface area contributed by atoms with Crippen molar-refractivity contribution in [3.05, 3.63) is 53.7 Å². The van der Waals surface area contributed by atoms with Crippen LogP contribution < -0.4 is 0 Å². The monoisotopic (exact) mass is 381 g/mol. The van der Waals surface area contributed by atoms with Crippen LogP contribution in [0.2, 0.25) is 0 Å². The number of rotatable bonds is 4. The molecule has 2 amide bonds. The van der Waals surface area contributed by atoms with Crippen molar-refractivity contribution in [2.75, 3.05) is 26.2 Å². The lowest BCUT2D eigenvalue weighted by molar-refractivity contribution is -0.138. The average molecular weight is 381 g/mol. The van der Waals surface area contributed by atoms with E-state index in [1.165, 1.54) is 12.0 Å². The number of aromatic nitrogens is 1. The molecule has 2 fully saturated rings. The van der Waals surface area contributed by atoms with Crippen molar-refractivity contribution in [1.29, 1.82) is 0 Å². The second-order valence-corrected chi connectivity index (χ2v) is 8.14. The van der Waals surface area contributed by atoms with Crippen LogP contribution in [0.4, 0.5) is 0 Å². The van der Waals surface area contributed by atoms with E-state index in [0.717, 1.165) is 45.3 Å². The fourth-order valence-corrected chi connectivity index (χ4v) is 4.59. The van der Waals surface area contributed by atoms with Gasteiger partial charge in [0.1, 0.15) is 5.76 Å². The Morgan fingerprint density at radius 2 is 2.04 bits per heavy atom. The first-order valence-corrected chi connectivity index (χ1v) is 10.1. The summed E-state index contributed by atoms with van der Waals surface area (Å²) >= 11 is 0. The van der Waals surface area contributed by atoms with E-state index < -0.39 is 0 Å². The zero-order valence-electron chi connectivity index (χ0n) is 16.4. The Labute approximate surface area is 165 Å². The zero-order valence-corrected chi connectivity index (χ0v) is 16.4. The van der Waals surface area contributed by atoms with Gasteiger partial charge in [0.2, 0.25) is 5.91 Å². The molecule has 0 aliphatic carbocycles. The fraction of sp³-hybridized carbons (Fsp3) is 0.500. The molecule has 0 saturated carbocycles. The third kappa shape index (κ3) is 3.81. The summed E-state index contributed by atoms with van der Waals surface area (Å²) in [7, 11) is 0. The van der Waals surface area contributed by atoms with E-state index in [0.29, 0.717) is 24.4 Å². The summed E-state index contributed by atoms with van der Waals surface area (Å²) < 4.78 is 5.21. The van der Waals surface area contributed by atoms with E-state index in [4.69, 9.17) is 4.42 Å². The van der Waals surface area contributed by atoms with Gasteiger partial charge in [0, 0.05) is 38.0 Å². The third-order valence-electron chi connectivity index (χ3n) is 6.16. The lowest BCUT2D eigenvalue weighted by atomic mass is 9.73. The summed E-state index contributed by atoms with van der Waals surface area (Å²) in [6.45, 7) is 4.67. The normalized spacial score (nSPS) is 22.7. The van der Waals surface area contributed by atoms with E-state index in [9.17, 15) is 9.59 Å². The van der Waals surface area contributed by atoms with Crippen LogP contribution in [0, 0.1) is 12.3 Å². The molecule has 6 heteroatoms. The summed E-state index contributed by atoms with van der Waals surface area (Å²) in [5, 5.41) is 0. The Morgan fingerprint density at radius 1 is 1.21 bits per heavy atom. The van der Waals surface area contributed by atoms with Crippen molar-refractivity contribution in [3.8, 4) is 0 Å². The van der Waals surface area contributed by atoms with Gasteiger partial charge in [-0.25, -0.2) is 4.98 Å². The van der Waals surface area contributed by atoms with Crippen LogP contribution in [-0.4, -0.2) is 52.8 Å². The maximum atomic E-state index is 12.9. The molecule has 2 aromatic rings. The number of likely N-dealkylation sites (tertiary alicyclic amines) is 2. The number of piperidine rings is 2. The number of benzene rings is 1. The van der Waals surface area contributed by atoms with Crippen molar-refractivity contribution in [3.63, 3.8) is 0 Å². The highest BCUT2D eigenvalue weighted by Crippen LogP contribution is 2.39. The Morgan fingerprint density at radius 3 is 2.79 bits per heavy atom. The Balaban J connectivity index is 1.43. The molecule has 1 unspecified atom stereocenters. The van der Waals surface area contributed by atoms with Crippen molar-refractivity contribution in [2.24, 2.45) is 5.41 Å². The molecule has 28 heavy (non-hydrogen) atoms. The van der Waals surface area contributed by atoms with Gasteiger partial charge in [0.25, 0.3) is 5.91 Å². The minimum Gasteiger partial charge on any atom is -0.448 e. The number of amides is 2. The molecule has 148 valence electrons. The van der Waals surface area contributed by atoms with E-state index >= 15 is 0 Å². The minimum absolute atomic E-state index is 0.00382. The molecule has 0 N–H and O–H groups in total. The summed E-state index contributed by atoms with van der Waals surface area (Å²) in [4.78, 5) is 33.4. The number of aryl methyl sites for hydroxylation is 1. The number of oxazole rings is 1. The van der Waals surface area contributed by atoms with Crippen LogP contribution >= 0.6 is 0 Å². The Bertz CT molecular complexity index is 848. The zero-order chi connectivity index (χ0) is 19.6. The molecule has 4 rings (SSSR count). The third-order valence-corrected chi connectivity index (χ3v) is 6.16. The maximum absolute atomic E-state index is 12.9. The molecule has 1 spiro atoms. The van der Waals surface area contributed by atoms with Crippen LogP contribution in [-0.2, 0) is 11.2 Å². The predicted molar refractivity (Wildman–Crippen MR) is 105 cm³/mol. The molecule has 2 saturated heterocycles. The smallest absolute Gasteiger partial charge is 0.276 e. The van der Waals surface area contributed by atoms with Gasteiger partial charge in [-0.1, -0.05) is 30.3 Å². The highest BCUT2D eigenvalue weighted by Gasteiger charge is 2.43. The lowest BCUT2D eigenvalue weighted by Crippen LogP contribution is -2.55. The average Bonchev–Trinajstić information content (AvgIpc) is 3.15. The molecule has 1 aromatic carbocycles. The summed E-state index contributed by atoms with van der Waals surface area (Å²) in [6.07, 6.45) is 5.64. The van der Waals surface area contributed by atoms with Gasteiger partial charge < -0.3 is 14.2 Å². The largest absolute Gasteiger partial charge is 0.448 e. The Hall–Kier alpha value is -2.63. The molecule has 0 radical (unpaired) electrons. The standard InChI is InChI=1S/C22H27N3O3/c1-17-20(23-16-28-17)21(27)25-12-5-10-22(15-25)11-8-19(26)24(14-22)13-9-18-6-3-2-4-7-18/h2-4,6-7,16H,5,8-15H2,1H3. The van der Waals surface area contributed by atoms with Gasteiger partial charge in [-0.3, -0.25) is 9.59 Å². The second-order valence-electron chi connectivity index (χ2n) is 8.14. The molecule has 0 bridgehead atoms. The van der Waals surface area contributed by atoms with Gasteiger partial charge in [-0.2, -0.15) is 0 Å². The molecule has 3 heterocycles. The van der Waals surface area contributed by atoms with Crippen LogP contribution in [0.25, 0.3) is 0 Å². The van der Waals surface area contributed by atoms with Crippen LogP contribution in [0.15, 0.2) is 41.1 Å². The molecular formula is C22H27N3O3. The molecular weight excluding hydrogens is 354 g/mol. The first-order chi connectivity index (χ1) is 13.6. The molecule has 1 atom stereocenters. The molecule has 1 aromatic heterocycles. The van der Waals surface area contributed by atoms with Crippen LogP contribution in [0.3, 0.4) is 0 Å². The lowest BCUT2D eigenvalue weighted by Gasteiger charge is -2.48. The Kier molecular flexibility index (Phi) is 5.20. The van der Waals surface area contributed by atoms with Gasteiger partial charge in [-0.15, -0.1) is 0 Å². The minimum atomic E-state index is -0.0574. The summed E-state index contributed by atoms with van der Waals surface area (Å²) in [6, 6.07) is 10.3. The maximum Gasteiger partial charge on any atom is 0.276 e. The van der Waals surface area contributed by atoms with Crippen molar-refractivity contribution < 1.29 is 14.0 Å². The number of nitrogens with zero attached hydrogens (tertiary/aromatic N) is 3. The van der Waals surface area contributed by atoms with Gasteiger partial charge in [0.15, 0.2) is 12.1 Å². The van der Waals surface area contributed by atoms with Gasteiger partial charge in [0.05, 0.1) is 0 Å². The predicted octanol–water partition coefficient (Wildman–Crippen LogP) is 3.07. The SMILES string of the molecule is Cc1ocnc1C(=O)N1CCCC2(CCC(=O)N(CCc3ccccc3)C2)C1. The van der Waals surface area contributed by atoms with Gasteiger partial charge >= 0.3 is 0 Å². The summed E-state index contributed by atoms with van der Waals surface area (Å²) in [5.74, 6) is 0.739. The van der Waals surface area contributed by atoms with Crippen LogP contribution in [0.5, 0.6) is 0 Å². The molecule has 6 nitrogen and oxygen atoms in total. The molecule has 2 aliphatic rings. The van der Waals surface area contributed by atoms with Crippen LogP contribution in [0.1, 0.15) is 47.5 Å². The second kappa shape index (κ2) is 7.78. The fourth-order valence-electron chi connectivity index (χ4n) is 4.59. The number of carbonyl (C=O) groups excluding carboxylic acids is 2. The molecule has 2 aliphatic heterocycles. The number of hydrogen-bond donors (Lipinski definition) is 0. The van der Waals surface area contributed by atoms with E-state index in [1.807, 2.05) is 28.0 Å². The number of carbonyl (C=O) groups is 2. The van der Waals surface area contributed by atoms with Crippen molar-refractivity contribution in [1.82, 2.24) is 14.8 Å².